The summed E-state index contributed by atoms with van der Waals surface area (Å²) < 4.78 is 0. The first kappa shape index (κ1) is 49.8. The highest BCUT2D eigenvalue weighted by atomic mass is 16.3. The molecule has 4 fully saturated rings. The summed E-state index contributed by atoms with van der Waals surface area (Å²) in [6.45, 7) is 15.7. The number of phenols is 1. The van der Waals surface area contributed by atoms with Crippen LogP contribution in [-0.4, -0.2) is 135 Å². The van der Waals surface area contributed by atoms with Crippen molar-refractivity contribution in [2.24, 2.45) is 23.7 Å². The predicted octanol–water partition coefficient (Wildman–Crippen LogP) is 2.14. The quantitative estimate of drug-likeness (QED) is 0.213. The second kappa shape index (κ2) is 22.1. The van der Waals surface area contributed by atoms with Crippen molar-refractivity contribution in [3.8, 4) is 5.75 Å². The van der Waals surface area contributed by atoms with E-state index in [1.807, 2.05) is 41.5 Å². The maximum Gasteiger partial charge on any atom is 0.246 e. The molecule has 1 aromatic carbocycles. The van der Waals surface area contributed by atoms with Crippen molar-refractivity contribution in [2.45, 2.75) is 168 Å². The van der Waals surface area contributed by atoms with Crippen molar-refractivity contribution in [2.75, 3.05) is 19.6 Å². The first-order valence-corrected chi connectivity index (χ1v) is 23.5. The van der Waals surface area contributed by atoms with Crippen LogP contribution < -0.4 is 26.6 Å². The molecule has 354 valence electrons. The summed E-state index contributed by atoms with van der Waals surface area (Å²) in [4.78, 5) is 119. The number of hydrogen-bond acceptors (Lipinski definition) is 9. The SMILES string of the molecule is CC[C@H](C)[C@@H]1NC(=O)[C@H](CC(C)C)NC(=O)[C@H](CC(C)C)NC(=O)[C@@H]2CCCN2C(=O)[C@H](C(C)C)NC(=O)[C@H](Cc2ccc(O)cc2)NC(=O)[C@@H]2CCCN2C(=O)[C@@H]2CCCN2C1=O. The van der Waals surface area contributed by atoms with Gasteiger partial charge in [0.2, 0.25) is 47.3 Å². The van der Waals surface area contributed by atoms with Crippen molar-refractivity contribution >= 4 is 47.3 Å². The normalized spacial score (nSPS) is 28.9. The van der Waals surface area contributed by atoms with Gasteiger partial charge < -0.3 is 46.4 Å². The minimum Gasteiger partial charge on any atom is -0.508 e. The molecule has 64 heavy (non-hydrogen) atoms. The zero-order valence-corrected chi connectivity index (χ0v) is 39.0. The van der Waals surface area contributed by atoms with Crippen LogP contribution in [0.15, 0.2) is 24.3 Å². The van der Waals surface area contributed by atoms with E-state index in [-0.39, 0.29) is 68.3 Å². The lowest BCUT2D eigenvalue weighted by Crippen LogP contribution is -2.62. The predicted molar refractivity (Wildman–Crippen MR) is 239 cm³/mol. The third-order valence-corrected chi connectivity index (χ3v) is 13.2. The Morgan fingerprint density at radius 1 is 0.531 bits per heavy atom. The molecule has 17 heteroatoms. The fourth-order valence-corrected chi connectivity index (χ4v) is 9.44. The molecular weight excluding hydrogens is 821 g/mol. The minimum atomic E-state index is -1.20. The molecule has 0 bridgehead atoms. The Morgan fingerprint density at radius 3 is 1.44 bits per heavy atom. The Bertz CT molecular complexity index is 1870. The monoisotopic (exact) mass is 893 g/mol. The van der Waals surface area contributed by atoms with Crippen molar-refractivity contribution < 1.29 is 43.5 Å². The van der Waals surface area contributed by atoms with E-state index in [1.54, 1.807) is 26.0 Å². The Kier molecular flexibility index (Phi) is 17.2. The Labute approximate surface area is 377 Å². The van der Waals surface area contributed by atoms with Gasteiger partial charge in [0.05, 0.1) is 0 Å². The second-order valence-electron chi connectivity index (χ2n) is 19.5. The van der Waals surface area contributed by atoms with E-state index in [9.17, 15) is 43.5 Å². The molecular formula is C47H72N8O9. The van der Waals surface area contributed by atoms with E-state index in [0.29, 0.717) is 50.5 Å². The average Bonchev–Trinajstić information content (AvgIpc) is 4.05. The molecule has 5 rings (SSSR count). The van der Waals surface area contributed by atoms with Crippen LogP contribution in [0.3, 0.4) is 0 Å². The van der Waals surface area contributed by atoms with E-state index in [4.69, 9.17) is 0 Å². The number of hydrogen-bond donors (Lipinski definition) is 6. The van der Waals surface area contributed by atoms with Crippen molar-refractivity contribution in [3.63, 3.8) is 0 Å². The van der Waals surface area contributed by atoms with Crippen LogP contribution in [0.2, 0.25) is 0 Å². The van der Waals surface area contributed by atoms with Crippen LogP contribution >= 0.6 is 0 Å². The standard InChI is InChI=1S/C47H72N8O9/c1-9-29(8)39-47(64)55-22-12-15-37(55)45(62)53-20-10-13-35(53)43(60)50-34(25-30-16-18-31(56)19-17-30)42(59)51-38(28(6)7)46(63)54-21-11-14-36(54)44(61)49-32(23-26(2)3)40(57)48-33(24-27(4)5)41(58)52-39/h16-19,26-29,32-39,56H,9-15,20-25H2,1-8H3,(H,48,57)(H,49,61)(H,50,60)(H,51,59)(H,52,58)/t29-,32-,33-,34-,35-,36-,37-,38-,39-/m0/s1. The third-order valence-electron chi connectivity index (χ3n) is 13.2. The second-order valence-corrected chi connectivity index (χ2v) is 19.5. The number of phenolic OH excluding ortho intramolecular Hbond substituents is 1. The minimum absolute atomic E-state index is 0.00275. The summed E-state index contributed by atoms with van der Waals surface area (Å²) >= 11 is 0. The van der Waals surface area contributed by atoms with Gasteiger partial charge in [0.1, 0.15) is 54.1 Å². The van der Waals surface area contributed by atoms with Crippen molar-refractivity contribution in [3.05, 3.63) is 29.8 Å². The number of carbonyl (C=O) groups is 8. The molecule has 6 N–H and O–H groups in total. The molecule has 0 unspecified atom stereocenters. The molecule has 8 amide bonds. The molecule has 9 atom stereocenters. The van der Waals surface area contributed by atoms with Crippen LogP contribution in [0.5, 0.6) is 5.75 Å². The summed E-state index contributed by atoms with van der Waals surface area (Å²) in [7, 11) is 0. The maximum absolute atomic E-state index is 14.6. The number of aromatic hydroxyl groups is 1. The number of carbonyl (C=O) groups excluding carboxylic acids is 8. The summed E-state index contributed by atoms with van der Waals surface area (Å²) in [6, 6.07) is -2.00. The molecule has 0 aliphatic carbocycles. The fraction of sp³-hybridized carbons (Fsp3) is 0.702. The van der Waals surface area contributed by atoms with Gasteiger partial charge in [0, 0.05) is 26.1 Å². The molecule has 4 aliphatic heterocycles. The topological polar surface area (TPSA) is 227 Å². The van der Waals surface area contributed by atoms with E-state index < -0.39 is 95.6 Å². The molecule has 4 aliphatic rings. The lowest BCUT2D eigenvalue weighted by molar-refractivity contribution is -0.149. The fourth-order valence-electron chi connectivity index (χ4n) is 9.44. The van der Waals surface area contributed by atoms with Crippen LogP contribution in [0, 0.1) is 23.7 Å². The van der Waals surface area contributed by atoms with Gasteiger partial charge in [-0.1, -0.05) is 73.9 Å². The smallest absolute Gasteiger partial charge is 0.246 e. The molecule has 4 saturated heterocycles. The molecule has 0 aromatic heterocycles. The van der Waals surface area contributed by atoms with Crippen LogP contribution in [0.25, 0.3) is 0 Å². The largest absolute Gasteiger partial charge is 0.508 e. The third kappa shape index (κ3) is 12.1. The summed E-state index contributed by atoms with van der Waals surface area (Å²) in [6.07, 6.45) is 3.57. The molecule has 0 radical (unpaired) electrons. The van der Waals surface area contributed by atoms with Crippen LogP contribution in [0.1, 0.15) is 119 Å². The highest BCUT2D eigenvalue weighted by molar-refractivity contribution is 5.99. The molecule has 1 aromatic rings. The molecule has 0 saturated carbocycles. The van der Waals surface area contributed by atoms with Gasteiger partial charge in [0.25, 0.3) is 0 Å². The van der Waals surface area contributed by atoms with Gasteiger partial charge >= 0.3 is 0 Å². The van der Waals surface area contributed by atoms with E-state index in [1.165, 1.54) is 26.8 Å². The van der Waals surface area contributed by atoms with Crippen LogP contribution in [-0.2, 0) is 44.8 Å². The Morgan fingerprint density at radius 2 is 0.938 bits per heavy atom. The number of rotatable bonds is 9. The van der Waals surface area contributed by atoms with Gasteiger partial charge in [-0.2, -0.15) is 0 Å². The summed E-state index contributed by atoms with van der Waals surface area (Å²) in [5.74, 6) is -5.00. The number of amides is 8. The number of nitrogens with one attached hydrogen (secondary N) is 5. The first-order chi connectivity index (χ1) is 30.3. The van der Waals surface area contributed by atoms with Crippen LogP contribution in [0.4, 0.5) is 0 Å². The Hall–Kier alpha value is -5.22. The molecule has 0 spiro atoms. The van der Waals surface area contributed by atoms with E-state index >= 15 is 0 Å². The summed E-state index contributed by atoms with van der Waals surface area (Å²) in [5, 5.41) is 24.5. The Balaban J connectivity index is 1.56. The van der Waals surface area contributed by atoms with E-state index in [2.05, 4.69) is 26.6 Å². The highest BCUT2D eigenvalue weighted by Gasteiger charge is 2.46. The van der Waals surface area contributed by atoms with Gasteiger partial charge in [-0.25, -0.2) is 0 Å². The van der Waals surface area contributed by atoms with Gasteiger partial charge in [-0.15, -0.1) is 0 Å². The number of benzene rings is 1. The van der Waals surface area contributed by atoms with Gasteiger partial charge in [-0.05, 0) is 92.7 Å². The molecule has 4 heterocycles. The zero-order valence-electron chi connectivity index (χ0n) is 39.0. The van der Waals surface area contributed by atoms with Crippen molar-refractivity contribution in [1.29, 1.82) is 0 Å². The maximum atomic E-state index is 14.6. The molecule has 17 nitrogen and oxygen atoms in total. The van der Waals surface area contributed by atoms with Gasteiger partial charge in [0.15, 0.2) is 0 Å². The lowest BCUT2D eigenvalue weighted by atomic mass is 9.95. The van der Waals surface area contributed by atoms with Crippen molar-refractivity contribution in [1.82, 2.24) is 41.3 Å². The average molecular weight is 893 g/mol. The first-order valence-electron chi connectivity index (χ1n) is 23.5. The van der Waals surface area contributed by atoms with E-state index in [0.717, 1.165) is 0 Å². The number of fused-ring (bicyclic) bond motifs is 3. The van der Waals surface area contributed by atoms with Gasteiger partial charge in [-0.3, -0.25) is 38.4 Å². The highest BCUT2D eigenvalue weighted by Crippen LogP contribution is 2.28. The lowest BCUT2D eigenvalue weighted by Gasteiger charge is -2.35. The zero-order chi connectivity index (χ0) is 47.0. The number of nitrogens with zero attached hydrogens (tertiary/aromatic N) is 3. The summed E-state index contributed by atoms with van der Waals surface area (Å²) in [5.41, 5.74) is 0.619.